The smallest absolute Gasteiger partial charge is 0.378 e. The van der Waals surface area contributed by atoms with Gasteiger partial charge in [0.1, 0.15) is 0 Å². The predicted molar refractivity (Wildman–Crippen MR) is 102 cm³/mol. The van der Waals surface area contributed by atoms with Crippen LogP contribution in [0.5, 0.6) is 0 Å². The maximum atomic E-state index is 13.0. The summed E-state index contributed by atoms with van der Waals surface area (Å²) in [6.45, 7) is -0.749. The molecule has 0 amide bonds. The molecule has 0 aliphatic heterocycles. The summed E-state index contributed by atoms with van der Waals surface area (Å²) < 4.78 is 63.4. The van der Waals surface area contributed by atoms with Crippen LogP contribution in [0, 0.1) is 0 Å². The molecule has 0 unspecified atom stereocenters. The van der Waals surface area contributed by atoms with Gasteiger partial charge in [0.2, 0.25) is 0 Å². The van der Waals surface area contributed by atoms with Gasteiger partial charge < -0.3 is 4.90 Å². The van der Waals surface area contributed by atoms with Crippen molar-refractivity contribution in [2.45, 2.75) is 12.1 Å². The molecule has 4 nitrogen and oxygen atoms in total. The molecule has 146 valence electrons. The number of alkyl halides is 3. The maximum absolute atomic E-state index is 13.0. The van der Waals surface area contributed by atoms with Gasteiger partial charge in [0.25, 0.3) is 0 Å². The first kappa shape index (κ1) is 21.0. The largest absolute Gasteiger partial charge is 0.511 e. The molecule has 0 heterocycles. The van der Waals surface area contributed by atoms with E-state index in [-0.39, 0.29) is 13.1 Å². The number of anilines is 1. The molecule has 0 radical (unpaired) electrons. The number of nitrogens with zero attached hydrogens (tertiary/aromatic N) is 2. The lowest BCUT2D eigenvalue weighted by molar-refractivity contribution is -0.0488. The number of hydrogen-bond acceptors (Lipinski definition) is 3. The van der Waals surface area contributed by atoms with E-state index in [0.29, 0.717) is 9.87 Å². The van der Waals surface area contributed by atoms with Gasteiger partial charge in [0, 0.05) is 32.9 Å². The summed E-state index contributed by atoms with van der Waals surface area (Å²) in [5, 5.41) is 0. The average molecular weight is 398 g/mol. The van der Waals surface area contributed by atoms with Gasteiger partial charge in [-0.05, 0) is 23.3 Å². The van der Waals surface area contributed by atoms with Crippen LogP contribution in [0.15, 0.2) is 60.7 Å². The highest BCUT2D eigenvalue weighted by molar-refractivity contribution is 7.89. The van der Waals surface area contributed by atoms with E-state index in [0.717, 1.165) is 11.3 Å². The Bertz CT molecular complexity index is 862. The summed E-state index contributed by atoms with van der Waals surface area (Å²) in [7, 11) is -1.77. The molecule has 0 aliphatic rings. The van der Waals surface area contributed by atoms with E-state index in [1.54, 1.807) is 54.6 Å². The van der Waals surface area contributed by atoms with Crippen molar-refractivity contribution in [1.82, 2.24) is 4.31 Å². The zero-order valence-corrected chi connectivity index (χ0v) is 15.8. The third kappa shape index (κ3) is 5.58. The third-order valence-corrected chi connectivity index (χ3v) is 5.41. The van der Waals surface area contributed by atoms with Gasteiger partial charge in [0.15, 0.2) is 0 Å². The Hall–Kier alpha value is -2.32. The molecular formula is C19H21F3N2O2S. The number of rotatable bonds is 7. The van der Waals surface area contributed by atoms with Crippen LogP contribution in [0.25, 0.3) is 6.08 Å². The second-order valence-electron chi connectivity index (χ2n) is 6.12. The zero-order chi connectivity index (χ0) is 20.1. The molecule has 0 spiro atoms. The van der Waals surface area contributed by atoms with Crippen LogP contribution in [0.2, 0.25) is 0 Å². The molecule has 2 aromatic carbocycles. The van der Waals surface area contributed by atoms with Gasteiger partial charge in [-0.3, -0.25) is 0 Å². The molecule has 0 aliphatic carbocycles. The van der Waals surface area contributed by atoms with Crippen molar-refractivity contribution in [1.29, 1.82) is 0 Å². The SMILES string of the molecule is CN(C)c1ccc(CN(CC=Cc2ccccc2)S(=O)(=O)C(F)(F)F)cc1. The average Bonchev–Trinajstić information content (AvgIpc) is 2.61. The minimum atomic E-state index is -5.45. The summed E-state index contributed by atoms with van der Waals surface area (Å²) >= 11 is 0. The van der Waals surface area contributed by atoms with Gasteiger partial charge in [-0.1, -0.05) is 54.6 Å². The van der Waals surface area contributed by atoms with Crippen LogP contribution in [-0.2, 0) is 16.6 Å². The van der Waals surface area contributed by atoms with Gasteiger partial charge in [-0.25, -0.2) is 8.42 Å². The van der Waals surface area contributed by atoms with Crippen molar-refractivity contribution in [2.24, 2.45) is 0 Å². The van der Waals surface area contributed by atoms with E-state index in [1.807, 2.05) is 25.1 Å². The molecule has 0 bridgehead atoms. The fraction of sp³-hybridized carbons (Fsp3) is 0.263. The third-order valence-electron chi connectivity index (χ3n) is 3.86. The van der Waals surface area contributed by atoms with Crippen LogP contribution in [0.4, 0.5) is 18.9 Å². The minimum Gasteiger partial charge on any atom is -0.378 e. The molecule has 0 atom stereocenters. The van der Waals surface area contributed by atoms with Crippen molar-refractivity contribution in [3.05, 3.63) is 71.8 Å². The normalized spacial score (nSPS) is 12.7. The first-order chi connectivity index (χ1) is 12.6. The highest BCUT2D eigenvalue weighted by Crippen LogP contribution is 2.28. The standard InChI is InChI=1S/C19H21F3N2O2S/c1-23(2)18-12-10-17(11-13-18)15-24(27(25,26)19(20,21)22)14-6-9-16-7-4-3-5-8-16/h3-13H,14-15H2,1-2H3. The fourth-order valence-electron chi connectivity index (χ4n) is 2.37. The van der Waals surface area contributed by atoms with E-state index >= 15 is 0 Å². The van der Waals surface area contributed by atoms with E-state index in [2.05, 4.69) is 0 Å². The van der Waals surface area contributed by atoms with Crippen molar-refractivity contribution < 1.29 is 21.6 Å². The molecule has 8 heteroatoms. The quantitative estimate of drug-likeness (QED) is 0.705. The predicted octanol–water partition coefficient (Wildman–Crippen LogP) is 4.12. The Morgan fingerprint density at radius 2 is 1.56 bits per heavy atom. The molecule has 2 aromatic rings. The molecule has 2 rings (SSSR count). The minimum absolute atomic E-state index is 0.366. The van der Waals surface area contributed by atoms with Crippen molar-refractivity contribution in [3.63, 3.8) is 0 Å². The van der Waals surface area contributed by atoms with Crippen LogP contribution in [0.1, 0.15) is 11.1 Å². The molecule has 0 saturated carbocycles. The zero-order valence-electron chi connectivity index (χ0n) is 15.0. The highest BCUT2D eigenvalue weighted by atomic mass is 32.2. The Labute approximate surface area is 157 Å². The number of sulfonamides is 1. The van der Waals surface area contributed by atoms with Gasteiger partial charge in [0.05, 0.1) is 0 Å². The first-order valence-electron chi connectivity index (χ1n) is 8.15. The summed E-state index contributed by atoms with van der Waals surface area (Å²) in [6, 6.07) is 15.6. The Morgan fingerprint density at radius 3 is 2.07 bits per heavy atom. The van der Waals surface area contributed by atoms with Gasteiger partial charge in [-0.2, -0.15) is 17.5 Å². The van der Waals surface area contributed by atoms with E-state index in [4.69, 9.17) is 0 Å². The van der Waals surface area contributed by atoms with Gasteiger partial charge in [-0.15, -0.1) is 0 Å². The highest BCUT2D eigenvalue weighted by Gasteiger charge is 2.49. The van der Waals surface area contributed by atoms with Crippen LogP contribution in [0.3, 0.4) is 0 Å². The van der Waals surface area contributed by atoms with Crippen molar-refractivity contribution >= 4 is 21.8 Å². The molecule has 0 N–H and O–H groups in total. The number of benzene rings is 2. The number of halogens is 3. The molecule has 27 heavy (non-hydrogen) atoms. The fourth-order valence-corrected chi connectivity index (χ4v) is 3.26. The lowest BCUT2D eigenvalue weighted by Gasteiger charge is -2.22. The van der Waals surface area contributed by atoms with Crippen molar-refractivity contribution in [2.75, 3.05) is 25.5 Å². The van der Waals surface area contributed by atoms with Crippen molar-refractivity contribution in [3.8, 4) is 0 Å². The topological polar surface area (TPSA) is 40.6 Å². The number of hydrogen-bond donors (Lipinski definition) is 0. The second-order valence-corrected chi connectivity index (χ2v) is 8.05. The Kier molecular flexibility index (Phi) is 6.67. The van der Waals surface area contributed by atoms with Crippen LogP contribution in [-0.4, -0.2) is 38.9 Å². The van der Waals surface area contributed by atoms with Gasteiger partial charge >= 0.3 is 15.5 Å². The molecule has 0 fully saturated rings. The lowest BCUT2D eigenvalue weighted by atomic mass is 10.2. The second kappa shape index (κ2) is 8.58. The summed E-state index contributed by atoms with van der Waals surface area (Å²) in [4.78, 5) is 1.84. The van der Waals surface area contributed by atoms with E-state index in [1.165, 1.54) is 6.08 Å². The summed E-state index contributed by atoms with van der Waals surface area (Å²) in [5.74, 6) is 0. The summed E-state index contributed by atoms with van der Waals surface area (Å²) in [5.41, 5.74) is -3.23. The van der Waals surface area contributed by atoms with Crippen LogP contribution < -0.4 is 4.90 Å². The summed E-state index contributed by atoms with van der Waals surface area (Å²) in [6.07, 6.45) is 3.00. The maximum Gasteiger partial charge on any atom is 0.511 e. The molecular weight excluding hydrogens is 377 g/mol. The van der Waals surface area contributed by atoms with Crippen LogP contribution >= 0.6 is 0 Å². The van der Waals surface area contributed by atoms with E-state index in [9.17, 15) is 21.6 Å². The Balaban J connectivity index is 2.23. The first-order valence-corrected chi connectivity index (χ1v) is 9.59. The molecule has 0 aromatic heterocycles. The monoisotopic (exact) mass is 398 g/mol. The lowest BCUT2D eigenvalue weighted by Crippen LogP contribution is -2.40. The Morgan fingerprint density at radius 1 is 0.963 bits per heavy atom. The van der Waals surface area contributed by atoms with E-state index < -0.39 is 15.5 Å². The molecule has 0 saturated heterocycles.